The number of ether oxygens (including phenoxy) is 1. The van der Waals surface area contributed by atoms with E-state index < -0.39 is 11.9 Å². The zero-order valence-corrected chi connectivity index (χ0v) is 18.8. The van der Waals surface area contributed by atoms with E-state index in [-0.39, 0.29) is 31.0 Å². The molecule has 3 rings (SSSR count). The number of hydrogen-bond donors (Lipinski definition) is 1. The van der Waals surface area contributed by atoms with Gasteiger partial charge in [-0.25, -0.2) is 4.39 Å². The molecule has 2 aromatic carbocycles. The van der Waals surface area contributed by atoms with Gasteiger partial charge in [-0.3, -0.25) is 9.59 Å². The number of halogens is 3. The molecule has 0 heterocycles. The van der Waals surface area contributed by atoms with Gasteiger partial charge in [0.15, 0.2) is 6.61 Å². The molecular formula is C23H25Cl2FN2O3. The van der Waals surface area contributed by atoms with Crippen molar-refractivity contribution in [2.24, 2.45) is 0 Å². The summed E-state index contributed by atoms with van der Waals surface area (Å²) in [6.45, 7) is 1.52. The average Bonchev–Trinajstić information content (AvgIpc) is 3.25. The Kier molecular flexibility index (Phi) is 8.15. The Morgan fingerprint density at radius 2 is 1.84 bits per heavy atom. The van der Waals surface area contributed by atoms with Crippen molar-refractivity contribution in [2.45, 2.75) is 51.2 Å². The highest BCUT2D eigenvalue weighted by Gasteiger charge is 2.29. The molecule has 1 aliphatic rings. The summed E-state index contributed by atoms with van der Waals surface area (Å²) in [5, 5.41) is 3.93. The minimum atomic E-state index is -0.725. The van der Waals surface area contributed by atoms with Crippen LogP contribution in [0.2, 0.25) is 10.0 Å². The zero-order chi connectivity index (χ0) is 22.4. The van der Waals surface area contributed by atoms with E-state index in [2.05, 4.69) is 5.32 Å². The quantitative estimate of drug-likeness (QED) is 0.596. The second kappa shape index (κ2) is 10.8. The summed E-state index contributed by atoms with van der Waals surface area (Å²) in [6.07, 6.45) is 4.08. The van der Waals surface area contributed by atoms with E-state index in [0.29, 0.717) is 21.4 Å². The van der Waals surface area contributed by atoms with Crippen LogP contribution in [0.5, 0.6) is 5.75 Å². The number of rotatable bonds is 8. The molecule has 0 spiro atoms. The molecule has 0 bridgehead atoms. The fourth-order valence-electron chi connectivity index (χ4n) is 3.57. The molecule has 0 saturated heterocycles. The van der Waals surface area contributed by atoms with Crippen molar-refractivity contribution >= 4 is 35.0 Å². The smallest absolute Gasteiger partial charge is 0.261 e. The van der Waals surface area contributed by atoms with Gasteiger partial charge in [-0.2, -0.15) is 0 Å². The number of amides is 2. The van der Waals surface area contributed by atoms with E-state index in [1.54, 1.807) is 25.1 Å². The maximum Gasteiger partial charge on any atom is 0.261 e. The summed E-state index contributed by atoms with van der Waals surface area (Å²) in [5.41, 5.74) is 0.668. The van der Waals surface area contributed by atoms with Crippen LogP contribution in [-0.4, -0.2) is 35.4 Å². The summed E-state index contributed by atoms with van der Waals surface area (Å²) in [4.78, 5) is 27.3. The van der Waals surface area contributed by atoms with Crippen LogP contribution in [0.3, 0.4) is 0 Å². The number of hydrogen-bond acceptors (Lipinski definition) is 3. The van der Waals surface area contributed by atoms with Gasteiger partial charge in [-0.1, -0.05) is 42.1 Å². The molecule has 8 heteroatoms. The molecule has 2 amide bonds. The molecule has 1 saturated carbocycles. The lowest BCUT2D eigenvalue weighted by Crippen LogP contribution is -2.50. The van der Waals surface area contributed by atoms with Crippen LogP contribution in [0.15, 0.2) is 42.5 Å². The SMILES string of the molecule is CC(C(=O)NC1CCCC1)N(Cc1ccc(Cl)cc1Cl)C(=O)COc1ccc(F)cc1. The summed E-state index contributed by atoms with van der Waals surface area (Å²) < 4.78 is 18.6. The molecule has 0 radical (unpaired) electrons. The van der Waals surface area contributed by atoms with E-state index in [4.69, 9.17) is 27.9 Å². The van der Waals surface area contributed by atoms with Crippen LogP contribution in [0.4, 0.5) is 4.39 Å². The topological polar surface area (TPSA) is 58.6 Å². The van der Waals surface area contributed by atoms with Crippen LogP contribution in [0.1, 0.15) is 38.2 Å². The first-order chi connectivity index (χ1) is 14.8. The Hall–Kier alpha value is -2.31. The highest BCUT2D eigenvalue weighted by Crippen LogP contribution is 2.24. The second-order valence-electron chi connectivity index (χ2n) is 7.67. The third-order valence-electron chi connectivity index (χ3n) is 5.40. The lowest BCUT2D eigenvalue weighted by Gasteiger charge is -2.30. The summed E-state index contributed by atoms with van der Waals surface area (Å²) in [5.74, 6) is -0.631. The second-order valence-corrected chi connectivity index (χ2v) is 8.51. The molecule has 31 heavy (non-hydrogen) atoms. The van der Waals surface area contributed by atoms with Crippen LogP contribution in [0.25, 0.3) is 0 Å². The third kappa shape index (κ3) is 6.58. The van der Waals surface area contributed by atoms with Crippen molar-refractivity contribution < 1.29 is 18.7 Å². The Balaban J connectivity index is 1.73. The predicted octanol–water partition coefficient (Wildman–Crippen LogP) is 4.99. The van der Waals surface area contributed by atoms with Crippen molar-refractivity contribution in [3.05, 3.63) is 63.9 Å². The maximum atomic E-state index is 13.1. The Labute approximate surface area is 191 Å². The first kappa shape index (κ1) is 23.4. The van der Waals surface area contributed by atoms with Crippen LogP contribution >= 0.6 is 23.2 Å². The van der Waals surface area contributed by atoms with E-state index in [0.717, 1.165) is 25.7 Å². The molecule has 1 fully saturated rings. The Bertz CT molecular complexity index is 918. The molecule has 1 atom stereocenters. The van der Waals surface area contributed by atoms with Crippen LogP contribution < -0.4 is 10.1 Å². The molecule has 1 unspecified atom stereocenters. The number of carbonyl (C=O) groups is 2. The minimum Gasteiger partial charge on any atom is -0.484 e. The summed E-state index contributed by atoms with van der Waals surface area (Å²) in [7, 11) is 0. The lowest BCUT2D eigenvalue weighted by atomic mass is 10.1. The van der Waals surface area contributed by atoms with E-state index in [1.165, 1.54) is 29.2 Å². The van der Waals surface area contributed by atoms with Gasteiger partial charge in [0.2, 0.25) is 5.91 Å². The number of carbonyl (C=O) groups excluding carboxylic acids is 2. The van der Waals surface area contributed by atoms with Crippen LogP contribution in [-0.2, 0) is 16.1 Å². The number of nitrogens with zero attached hydrogens (tertiary/aromatic N) is 1. The molecule has 5 nitrogen and oxygen atoms in total. The van der Waals surface area contributed by atoms with Crippen molar-refractivity contribution in [3.8, 4) is 5.75 Å². The van der Waals surface area contributed by atoms with Crippen molar-refractivity contribution in [1.82, 2.24) is 10.2 Å². The molecule has 0 aliphatic heterocycles. The molecule has 1 aliphatic carbocycles. The highest BCUT2D eigenvalue weighted by molar-refractivity contribution is 6.35. The van der Waals surface area contributed by atoms with Crippen LogP contribution in [0, 0.1) is 5.82 Å². The van der Waals surface area contributed by atoms with Gasteiger partial charge in [0, 0.05) is 22.6 Å². The Morgan fingerprint density at radius 1 is 1.16 bits per heavy atom. The van der Waals surface area contributed by atoms with E-state index >= 15 is 0 Å². The van der Waals surface area contributed by atoms with Gasteiger partial charge in [0.05, 0.1) is 0 Å². The molecule has 166 valence electrons. The molecule has 2 aromatic rings. The first-order valence-electron chi connectivity index (χ1n) is 10.3. The van der Waals surface area contributed by atoms with Gasteiger partial charge in [-0.05, 0) is 61.7 Å². The zero-order valence-electron chi connectivity index (χ0n) is 17.2. The van der Waals surface area contributed by atoms with E-state index in [1.807, 2.05) is 0 Å². The minimum absolute atomic E-state index is 0.126. The van der Waals surface area contributed by atoms with Gasteiger partial charge < -0.3 is 15.0 Å². The van der Waals surface area contributed by atoms with Gasteiger partial charge in [-0.15, -0.1) is 0 Å². The molecular weight excluding hydrogens is 442 g/mol. The molecule has 1 N–H and O–H groups in total. The fourth-order valence-corrected chi connectivity index (χ4v) is 4.04. The highest BCUT2D eigenvalue weighted by atomic mass is 35.5. The average molecular weight is 467 g/mol. The predicted molar refractivity (Wildman–Crippen MR) is 119 cm³/mol. The van der Waals surface area contributed by atoms with Crippen molar-refractivity contribution in [1.29, 1.82) is 0 Å². The van der Waals surface area contributed by atoms with E-state index in [9.17, 15) is 14.0 Å². The lowest BCUT2D eigenvalue weighted by molar-refractivity contribution is -0.142. The summed E-state index contributed by atoms with van der Waals surface area (Å²) in [6, 6.07) is 9.82. The largest absolute Gasteiger partial charge is 0.484 e. The third-order valence-corrected chi connectivity index (χ3v) is 5.99. The van der Waals surface area contributed by atoms with Gasteiger partial charge >= 0.3 is 0 Å². The number of nitrogens with one attached hydrogen (secondary N) is 1. The standard InChI is InChI=1S/C23H25Cl2FN2O3/c1-15(23(30)27-19-4-2-3-5-19)28(13-16-6-7-17(24)12-21(16)25)22(29)14-31-20-10-8-18(26)9-11-20/h6-12,15,19H,2-5,13-14H2,1H3,(H,27,30). The van der Waals surface area contributed by atoms with Gasteiger partial charge in [0.25, 0.3) is 5.91 Å². The van der Waals surface area contributed by atoms with Gasteiger partial charge in [0.1, 0.15) is 17.6 Å². The van der Waals surface area contributed by atoms with Crippen molar-refractivity contribution in [2.75, 3.05) is 6.61 Å². The normalized spacial score (nSPS) is 14.8. The van der Waals surface area contributed by atoms with Crippen molar-refractivity contribution in [3.63, 3.8) is 0 Å². The Morgan fingerprint density at radius 3 is 2.48 bits per heavy atom. The first-order valence-corrected chi connectivity index (χ1v) is 11.0. The summed E-state index contributed by atoms with van der Waals surface area (Å²) >= 11 is 12.3. The monoisotopic (exact) mass is 466 g/mol. The molecule has 0 aromatic heterocycles. The maximum absolute atomic E-state index is 13.1. The number of benzene rings is 2. The fraction of sp³-hybridized carbons (Fsp3) is 0.391.